The van der Waals surface area contributed by atoms with Crippen molar-refractivity contribution in [2.45, 2.75) is 13.0 Å². The molecule has 7 heteroatoms. The number of rotatable bonds is 6. The molecule has 2 aromatic rings. The van der Waals surface area contributed by atoms with Crippen LogP contribution in [0.25, 0.3) is 0 Å². The Balaban J connectivity index is 2.27. The molecule has 1 atom stereocenters. The lowest BCUT2D eigenvalue weighted by atomic mass is 10.2. The topological polar surface area (TPSA) is 90.4 Å². The van der Waals surface area contributed by atoms with E-state index >= 15 is 0 Å². The number of ether oxygens (including phenoxy) is 1. The molecule has 0 aliphatic heterocycles. The molecule has 0 saturated carbocycles. The maximum absolute atomic E-state index is 11.0. The van der Waals surface area contributed by atoms with Gasteiger partial charge in [0.25, 0.3) is 0 Å². The van der Waals surface area contributed by atoms with Crippen LogP contribution in [0.3, 0.4) is 0 Å². The number of hydrogen-bond donors (Lipinski definition) is 1. The molecule has 0 aromatic carbocycles. The number of furan rings is 1. The van der Waals surface area contributed by atoms with E-state index in [0.29, 0.717) is 12.4 Å². The monoisotopic (exact) mass is 277 g/mol. The van der Waals surface area contributed by atoms with Crippen molar-refractivity contribution >= 4 is 11.5 Å². The van der Waals surface area contributed by atoms with Crippen molar-refractivity contribution in [2.24, 2.45) is 0 Å². The van der Waals surface area contributed by atoms with Crippen LogP contribution in [0, 0.1) is 17.0 Å². The van der Waals surface area contributed by atoms with Crippen LogP contribution >= 0.6 is 0 Å². The Hall–Kier alpha value is -2.41. The third-order valence-electron chi connectivity index (χ3n) is 2.73. The molecule has 20 heavy (non-hydrogen) atoms. The number of hydrogen-bond acceptors (Lipinski definition) is 6. The fourth-order valence-corrected chi connectivity index (χ4v) is 1.82. The molecule has 0 bridgehead atoms. The summed E-state index contributed by atoms with van der Waals surface area (Å²) in [5.41, 5.74) is -0.0862. The van der Waals surface area contributed by atoms with Crippen LogP contribution in [0.5, 0.6) is 0 Å². The first-order valence-electron chi connectivity index (χ1n) is 6.03. The van der Waals surface area contributed by atoms with Gasteiger partial charge in [0.1, 0.15) is 17.6 Å². The Morgan fingerprint density at radius 2 is 2.30 bits per heavy atom. The number of nitrogens with zero attached hydrogens (tertiary/aromatic N) is 2. The van der Waals surface area contributed by atoms with Crippen molar-refractivity contribution in [3.8, 4) is 0 Å². The Morgan fingerprint density at radius 1 is 1.50 bits per heavy atom. The van der Waals surface area contributed by atoms with Gasteiger partial charge >= 0.3 is 5.69 Å². The van der Waals surface area contributed by atoms with E-state index in [0.717, 1.165) is 5.76 Å². The number of nitrogens with one attached hydrogen (secondary N) is 1. The van der Waals surface area contributed by atoms with Gasteiger partial charge in [0.05, 0.1) is 11.5 Å². The predicted octanol–water partition coefficient (Wildman–Crippen LogP) is 2.69. The quantitative estimate of drug-likeness (QED) is 0.644. The molecular weight excluding hydrogens is 262 g/mol. The molecule has 0 aliphatic carbocycles. The third-order valence-corrected chi connectivity index (χ3v) is 2.73. The Bertz CT molecular complexity index is 597. The second kappa shape index (κ2) is 6.16. The second-order valence-electron chi connectivity index (χ2n) is 4.23. The van der Waals surface area contributed by atoms with Gasteiger partial charge in [-0.25, -0.2) is 4.98 Å². The van der Waals surface area contributed by atoms with E-state index in [1.807, 2.05) is 13.0 Å². The lowest BCUT2D eigenvalue weighted by molar-refractivity contribution is -0.384. The standard InChI is InChI=1S/C13H15N3O4/c1-9-5-6-12(20-9)10(8-19-2)15-13-11(16(17)18)4-3-7-14-13/h3-7,10H,8H2,1-2H3,(H,14,15)/t10-/m1/s1. The molecule has 0 spiro atoms. The first-order chi connectivity index (χ1) is 9.61. The average molecular weight is 277 g/mol. The summed E-state index contributed by atoms with van der Waals surface area (Å²) in [6.45, 7) is 2.14. The average Bonchev–Trinajstić information content (AvgIpc) is 2.85. The molecule has 2 rings (SSSR count). The zero-order valence-corrected chi connectivity index (χ0v) is 11.2. The Morgan fingerprint density at radius 3 is 2.90 bits per heavy atom. The first-order valence-corrected chi connectivity index (χ1v) is 6.03. The lowest BCUT2D eigenvalue weighted by Gasteiger charge is -2.16. The van der Waals surface area contributed by atoms with Gasteiger partial charge in [-0.3, -0.25) is 10.1 Å². The Kier molecular flexibility index (Phi) is 4.31. The first kappa shape index (κ1) is 14.0. The van der Waals surface area contributed by atoms with Gasteiger partial charge in [-0.1, -0.05) is 0 Å². The summed E-state index contributed by atoms with van der Waals surface area (Å²) in [7, 11) is 1.55. The summed E-state index contributed by atoms with van der Waals surface area (Å²) < 4.78 is 10.7. The molecule has 106 valence electrons. The van der Waals surface area contributed by atoms with Crippen LogP contribution in [-0.4, -0.2) is 23.6 Å². The number of aromatic nitrogens is 1. The Labute approximate surface area is 115 Å². The number of pyridine rings is 1. The van der Waals surface area contributed by atoms with Crippen LogP contribution in [0.1, 0.15) is 17.6 Å². The highest BCUT2D eigenvalue weighted by Crippen LogP contribution is 2.26. The minimum Gasteiger partial charge on any atom is -0.464 e. The van der Waals surface area contributed by atoms with Gasteiger partial charge < -0.3 is 14.5 Å². The predicted molar refractivity (Wildman–Crippen MR) is 72.6 cm³/mol. The molecule has 2 heterocycles. The van der Waals surface area contributed by atoms with E-state index in [-0.39, 0.29) is 17.5 Å². The zero-order valence-electron chi connectivity index (χ0n) is 11.2. The van der Waals surface area contributed by atoms with Crippen molar-refractivity contribution in [1.82, 2.24) is 4.98 Å². The summed E-state index contributed by atoms with van der Waals surface area (Å²) in [5, 5.41) is 14.0. The highest BCUT2D eigenvalue weighted by molar-refractivity contribution is 5.56. The second-order valence-corrected chi connectivity index (χ2v) is 4.23. The van der Waals surface area contributed by atoms with Gasteiger partial charge in [0, 0.05) is 19.4 Å². The van der Waals surface area contributed by atoms with E-state index in [4.69, 9.17) is 9.15 Å². The summed E-state index contributed by atoms with van der Waals surface area (Å²) in [5.74, 6) is 1.59. The van der Waals surface area contributed by atoms with Crippen LogP contribution in [-0.2, 0) is 4.74 Å². The maximum atomic E-state index is 11.0. The van der Waals surface area contributed by atoms with E-state index in [1.54, 1.807) is 13.2 Å². The van der Waals surface area contributed by atoms with E-state index < -0.39 is 4.92 Å². The maximum Gasteiger partial charge on any atom is 0.311 e. The van der Waals surface area contributed by atoms with Crippen molar-refractivity contribution < 1.29 is 14.1 Å². The fourth-order valence-electron chi connectivity index (χ4n) is 1.82. The molecule has 0 unspecified atom stereocenters. The molecule has 7 nitrogen and oxygen atoms in total. The molecule has 1 N–H and O–H groups in total. The van der Waals surface area contributed by atoms with E-state index in [1.165, 1.54) is 18.3 Å². The lowest BCUT2D eigenvalue weighted by Crippen LogP contribution is -2.17. The van der Waals surface area contributed by atoms with Crippen molar-refractivity contribution in [3.05, 3.63) is 52.1 Å². The van der Waals surface area contributed by atoms with Crippen LogP contribution in [0.4, 0.5) is 11.5 Å². The van der Waals surface area contributed by atoms with E-state index in [2.05, 4.69) is 10.3 Å². The molecule has 0 saturated heterocycles. The van der Waals surface area contributed by atoms with Crippen molar-refractivity contribution in [3.63, 3.8) is 0 Å². The number of nitro groups is 1. The van der Waals surface area contributed by atoms with Crippen LogP contribution in [0.2, 0.25) is 0 Å². The molecule has 0 radical (unpaired) electrons. The molecular formula is C13H15N3O4. The van der Waals surface area contributed by atoms with Gasteiger partial charge in [-0.05, 0) is 25.1 Å². The van der Waals surface area contributed by atoms with Crippen molar-refractivity contribution in [2.75, 3.05) is 19.0 Å². The van der Waals surface area contributed by atoms with Gasteiger partial charge in [0.15, 0.2) is 0 Å². The van der Waals surface area contributed by atoms with Crippen molar-refractivity contribution in [1.29, 1.82) is 0 Å². The van der Waals surface area contributed by atoms with E-state index in [9.17, 15) is 10.1 Å². The van der Waals surface area contributed by atoms with Crippen LogP contribution in [0.15, 0.2) is 34.9 Å². The fraction of sp³-hybridized carbons (Fsp3) is 0.308. The number of anilines is 1. The smallest absolute Gasteiger partial charge is 0.311 e. The zero-order chi connectivity index (χ0) is 14.5. The minimum absolute atomic E-state index is 0.0862. The number of methoxy groups -OCH3 is 1. The van der Waals surface area contributed by atoms with Crippen LogP contribution < -0.4 is 5.32 Å². The largest absolute Gasteiger partial charge is 0.464 e. The summed E-state index contributed by atoms with van der Waals surface area (Å²) in [6.07, 6.45) is 1.49. The summed E-state index contributed by atoms with van der Waals surface area (Å²) in [6, 6.07) is 6.20. The molecule has 0 fully saturated rings. The third kappa shape index (κ3) is 3.12. The normalized spacial score (nSPS) is 12.1. The van der Waals surface area contributed by atoms with Gasteiger partial charge in [-0.2, -0.15) is 0 Å². The molecule has 0 aliphatic rings. The highest BCUT2D eigenvalue weighted by atomic mass is 16.6. The van der Waals surface area contributed by atoms with Gasteiger partial charge in [0.2, 0.25) is 5.82 Å². The SMILES string of the molecule is COC[C@@H](Nc1ncccc1[N+](=O)[O-])c1ccc(C)o1. The minimum atomic E-state index is -0.480. The highest BCUT2D eigenvalue weighted by Gasteiger charge is 2.21. The molecule has 2 aromatic heterocycles. The number of aryl methyl sites for hydroxylation is 1. The summed E-state index contributed by atoms with van der Waals surface area (Å²) in [4.78, 5) is 14.5. The molecule has 0 amide bonds. The van der Waals surface area contributed by atoms with Gasteiger partial charge in [-0.15, -0.1) is 0 Å². The summed E-state index contributed by atoms with van der Waals surface area (Å²) >= 11 is 0.